The third kappa shape index (κ3) is 2.83. The summed E-state index contributed by atoms with van der Waals surface area (Å²) in [5, 5.41) is 9.73. The normalized spacial score (nSPS) is 25.2. The molecule has 150 valence electrons. The van der Waals surface area contributed by atoms with E-state index in [9.17, 15) is 5.26 Å². The van der Waals surface area contributed by atoms with Crippen LogP contribution < -0.4 is 10.4 Å². The number of anilines is 2. The van der Waals surface area contributed by atoms with E-state index in [0.29, 0.717) is 11.5 Å². The van der Waals surface area contributed by atoms with Gasteiger partial charge < -0.3 is 14.2 Å². The third-order valence-electron chi connectivity index (χ3n) is 6.83. The van der Waals surface area contributed by atoms with Gasteiger partial charge in [-0.05, 0) is 63.0 Å². The Balaban J connectivity index is 1.61. The minimum atomic E-state index is -0.502. The van der Waals surface area contributed by atoms with Crippen LogP contribution in [-0.4, -0.2) is 24.4 Å². The number of fused-ring (bicyclic) bond motifs is 3. The van der Waals surface area contributed by atoms with Crippen LogP contribution in [0, 0.1) is 11.3 Å². The fraction of sp³-hybridized carbons (Fsp3) is 0.320. The maximum atomic E-state index is 9.73. The maximum Gasteiger partial charge on any atom is 0.494 e. The molecular weight excluding hydrogens is 371 g/mol. The number of benzene rings is 2. The van der Waals surface area contributed by atoms with Gasteiger partial charge in [0.25, 0.3) is 0 Å². The van der Waals surface area contributed by atoms with E-state index < -0.39 is 18.3 Å². The molecule has 5 rings (SSSR count). The van der Waals surface area contributed by atoms with Gasteiger partial charge in [-0.3, -0.25) is 0 Å². The van der Waals surface area contributed by atoms with E-state index in [-0.39, 0.29) is 6.04 Å². The molecule has 2 aromatic carbocycles. The summed E-state index contributed by atoms with van der Waals surface area (Å²) in [6.45, 7) is 8.18. The van der Waals surface area contributed by atoms with Crippen LogP contribution in [0.1, 0.15) is 44.7 Å². The Labute approximate surface area is 178 Å². The monoisotopic (exact) mass is 396 g/mol. The Morgan fingerprint density at radius 3 is 2.40 bits per heavy atom. The second-order valence-electron chi connectivity index (χ2n) is 9.23. The van der Waals surface area contributed by atoms with E-state index in [1.54, 1.807) is 0 Å². The number of hydrogen-bond donors (Lipinski definition) is 0. The molecule has 2 unspecified atom stereocenters. The van der Waals surface area contributed by atoms with Crippen LogP contribution in [-0.2, 0) is 9.31 Å². The molecule has 1 fully saturated rings. The van der Waals surface area contributed by atoms with Crippen LogP contribution >= 0.6 is 0 Å². The lowest BCUT2D eigenvalue weighted by Crippen LogP contribution is -2.41. The van der Waals surface area contributed by atoms with Gasteiger partial charge in [0.05, 0.1) is 28.9 Å². The molecule has 5 heteroatoms. The number of nitrogens with zero attached hydrogens (tertiary/aromatic N) is 2. The molecule has 2 aromatic rings. The summed E-state index contributed by atoms with van der Waals surface area (Å²) >= 11 is 0. The fourth-order valence-corrected chi connectivity index (χ4v) is 4.54. The Hall–Kier alpha value is -2.81. The first kappa shape index (κ1) is 19.2. The van der Waals surface area contributed by atoms with Crippen molar-refractivity contribution in [2.75, 3.05) is 4.90 Å². The van der Waals surface area contributed by atoms with Crippen LogP contribution in [0.2, 0.25) is 0 Å². The highest BCUT2D eigenvalue weighted by Gasteiger charge is 2.52. The topological polar surface area (TPSA) is 45.5 Å². The van der Waals surface area contributed by atoms with Crippen molar-refractivity contribution in [1.82, 2.24) is 0 Å². The molecule has 30 heavy (non-hydrogen) atoms. The smallest absolute Gasteiger partial charge is 0.399 e. The van der Waals surface area contributed by atoms with Gasteiger partial charge in [-0.15, -0.1) is 0 Å². The minimum Gasteiger partial charge on any atom is -0.399 e. The van der Waals surface area contributed by atoms with E-state index in [0.717, 1.165) is 11.2 Å². The average Bonchev–Trinajstić information content (AvgIpc) is 3.18. The van der Waals surface area contributed by atoms with Crippen LogP contribution in [0.5, 0.6) is 0 Å². The van der Waals surface area contributed by atoms with Gasteiger partial charge in [0, 0.05) is 17.3 Å². The number of para-hydroxylation sites is 1. The average molecular weight is 396 g/mol. The first-order valence-corrected chi connectivity index (χ1v) is 10.4. The number of hydrogen-bond acceptors (Lipinski definition) is 4. The van der Waals surface area contributed by atoms with E-state index in [2.05, 4.69) is 65.6 Å². The van der Waals surface area contributed by atoms with Gasteiger partial charge in [0.1, 0.15) is 0 Å². The molecule has 0 radical (unpaired) electrons. The van der Waals surface area contributed by atoms with Gasteiger partial charge >= 0.3 is 7.12 Å². The largest absolute Gasteiger partial charge is 0.494 e. The zero-order valence-corrected chi connectivity index (χ0v) is 17.8. The number of nitriles is 1. The molecule has 1 aliphatic carbocycles. The highest BCUT2D eigenvalue weighted by atomic mass is 16.7. The molecular formula is C25H25BN2O2. The lowest BCUT2D eigenvalue weighted by molar-refractivity contribution is 0.00578. The van der Waals surface area contributed by atoms with Gasteiger partial charge in [0.15, 0.2) is 0 Å². The molecule has 0 aromatic heterocycles. The molecule has 0 amide bonds. The summed E-state index contributed by atoms with van der Waals surface area (Å²) in [4.78, 5) is 2.33. The molecule has 0 saturated carbocycles. The van der Waals surface area contributed by atoms with Gasteiger partial charge in [-0.25, -0.2) is 0 Å². The maximum absolute atomic E-state index is 9.73. The summed E-state index contributed by atoms with van der Waals surface area (Å²) in [6, 6.07) is 17.0. The van der Waals surface area contributed by atoms with Crippen molar-refractivity contribution in [2.24, 2.45) is 0 Å². The summed E-state index contributed by atoms with van der Waals surface area (Å²) in [6.07, 6.45) is 8.71. The highest BCUT2D eigenvalue weighted by Crippen LogP contribution is 2.47. The van der Waals surface area contributed by atoms with Crippen molar-refractivity contribution in [3.8, 4) is 6.07 Å². The quantitative estimate of drug-likeness (QED) is 0.697. The van der Waals surface area contributed by atoms with Crippen molar-refractivity contribution in [2.45, 2.75) is 50.9 Å². The molecule has 0 bridgehead atoms. The van der Waals surface area contributed by atoms with Crippen LogP contribution in [0.3, 0.4) is 0 Å². The predicted octanol–water partition coefficient (Wildman–Crippen LogP) is 4.59. The molecule has 2 aliphatic heterocycles. The predicted molar refractivity (Wildman–Crippen MR) is 120 cm³/mol. The van der Waals surface area contributed by atoms with Crippen LogP contribution in [0.15, 0.2) is 66.8 Å². The van der Waals surface area contributed by atoms with Crippen molar-refractivity contribution >= 4 is 24.0 Å². The number of allylic oxidation sites excluding steroid dienone is 2. The van der Waals surface area contributed by atoms with E-state index >= 15 is 0 Å². The third-order valence-corrected chi connectivity index (χ3v) is 6.83. The minimum absolute atomic E-state index is 0.187. The second-order valence-corrected chi connectivity index (χ2v) is 9.23. The molecule has 4 nitrogen and oxygen atoms in total. The first-order valence-electron chi connectivity index (χ1n) is 10.4. The van der Waals surface area contributed by atoms with E-state index in [1.165, 1.54) is 11.3 Å². The Morgan fingerprint density at radius 1 is 0.967 bits per heavy atom. The Morgan fingerprint density at radius 2 is 1.67 bits per heavy atom. The van der Waals surface area contributed by atoms with E-state index in [1.807, 2.05) is 39.8 Å². The molecule has 0 N–H and O–H groups in total. The lowest BCUT2D eigenvalue weighted by Gasteiger charge is -2.32. The van der Waals surface area contributed by atoms with Crippen molar-refractivity contribution in [3.05, 3.63) is 77.9 Å². The highest BCUT2D eigenvalue weighted by molar-refractivity contribution is 6.62. The summed E-state index contributed by atoms with van der Waals surface area (Å²) in [5.74, 6) is 0.303. The fourth-order valence-electron chi connectivity index (χ4n) is 4.54. The summed E-state index contributed by atoms with van der Waals surface area (Å²) in [5.41, 5.74) is 4.10. The van der Waals surface area contributed by atoms with Crippen molar-refractivity contribution in [3.63, 3.8) is 0 Å². The number of rotatable bonds is 2. The second kappa shape index (κ2) is 6.60. The van der Waals surface area contributed by atoms with Crippen molar-refractivity contribution in [1.29, 1.82) is 5.26 Å². The molecule has 3 aliphatic rings. The summed E-state index contributed by atoms with van der Waals surface area (Å²) < 4.78 is 12.5. The standard InChI is InChI=1S/C25H25BN2O2/c1-24(2)25(3,4)30-26(29-24)18-13-17(16-27)14-19(15-18)28-22-11-7-5-9-20(22)21-10-6-8-12-23(21)28/h5-15,20,22H,1-4H3. The lowest BCUT2D eigenvalue weighted by atomic mass is 9.78. The van der Waals surface area contributed by atoms with Crippen LogP contribution in [0.4, 0.5) is 11.4 Å². The van der Waals surface area contributed by atoms with E-state index in [4.69, 9.17) is 9.31 Å². The molecule has 0 spiro atoms. The molecule has 1 saturated heterocycles. The Kier molecular flexibility index (Phi) is 4.22. The van der Waals surface area contributed by atoms with Gasteiger partial charge in [0.2, 0.25) is 0 Å². The van der Waals surface area contributed by atoms with Gasteiger partial charge in [-0.1, -0.05) is 42.5 Å². The van der Waals surface area contributed by atoms with Crippen LogP contribution in [0.25, 0.3) is 0 Å². The first-order chi connectivity index (χ1) is 14.3. The molecule has 2 atom stereocenters. The zero-order valence-electron chi connectivity index (χ0n) is 17.8. The molecule has 2 heterocycles. The Bertz CT molecular complexity index is 1100. The zero-order chi connectivity index (χ0) is 21.1. The van der Waals surface area contributed by atoms with Crippen molar-refractivity contribution < 1.29 is 9.31 Å². The van der Waals surface area contributed by atoms with Gasteiger partial charge in [-0.2, -0.15) is 5.26 Å². The summed E-state index contributed by atoms with van der Waals surface area (Å²) in [7, 11) is -0.502. The SMILES string of the molecule is CC1(C)OB(c2cc(C#N)cc(N3c4ccccc4C4C=CC=CC43)c2)OC1(C)C.